The zero-order chi connectivity index (χ0) is 16.1. The topological polar surface area (TPSA) is 70.7 Å². The molecule has 2 aliphatic rings. The number of piperazine rings is 1. The van der Waals surface area contributed by atoms with Crippen molar-refractivity contribution in [1.29, 1.82) is 0 Å². The number of fused-ring (bicyclic) bond motifs is 1. The Morgan fingerprint density at radius 3 is 2.72 bits per heavy atom. The zero-order valence-corrected chi connectivity index (χ0v) is 16.6. The van der Waals surface area contributed by atoms with Crippen molar-refractivity contribution in [3.05, 3.63) is 23.8 Å². The van der Waals surface area contributed by atoms with Crippen molar-refractivity contribution < 1.29 is 13.2 Å². The van der Waals surface area contributed by atoms with Crippen LogP contribution in [0.1, 0.15) is 18.4 Å². The van der Waals surface area contributed by atoms with Crippen molar-refractivity contribution in [1.82, 2.24) is 14.9 Å². The van der Waals surface area contributed by atoms with Crippen molar-refractivity contribution in [2.75, 3.05) is 45.9 Å². The van der Waals surface area contributed by atoms with Gasteiger partial charge in [-0.2, -0.15) is 0 Å². The number of nitrogens with one attached hydrogen (secondary N) is 2. The van der Waals surface area contributed by atoms with Gasteiger partial charge in [-0.1, -0.05) is 0 Å². The van der Waals surface area contributed by atoms with Gasteiger partial charge >= 0.3 is 0 Å². The second-order valence-electron chi connectivity index (χ2n) is 6.06. The van der Waals surface area contributed by atoms with E-state index in [1.807, 2.05) is 0 Å². The van der Waals surface area contributed by atoms with Gasteiger partial charge in [0.15, 0.2) is 0 Å². The van der Waals surface area contributed by atoms with Crippen molar-refractivity contribution >= 4 is 34.8 Å². The van der Waals surface area contributed by atoms with Gasteiger partial charge in [0.2, 0.25) is 10.0 Å². The van der Waals surface area contributed by atoms with Crippen LogP contribution < -0.4 is 14.8 Å². The van der Waals surface area contributed by atoms with E-state index < -0.39 is 10.0 Å². The van der Waals surface area contributed by atoms with Gasteiger partial charge in [0, 0.05) is 32.7 Å². The number of rotatable bonds is 6. The van der Waals surface area contributed by atoms with E-state index in [-0.39, 0.29) is 24.8 Å². The van der Waals surface area contributed by atoms with Crippen LogP contribution in [0.3, 0.4) is 0 Å². The lowest BCUT2D eigenvalue weighted by Crippen LogP contribution is -2.44. The van der Waals surface area contributed by atoms with Gasteiger partial charge in [-0.3, -0.25) is 0 Å². The molecule has 2 N–H and O–H groups in total. The number of ether oxygens (including phenoxy) is 1. The highest BCUT2D eigenvalue weighted by Crippen LogP contribution is 2.27. The van der Waals surface area contributed by atoms with Gasteiger partial charge in [-0.25, -0.2) is 13.1 Å². The summed E-state index contributed by atoms with van der Waals surface area (Å²) in [6.45, 7) is 6.23. The Morgan fingerprint density at radius 1 is 1.20 bits per heavy atom. The maximum atomic E-state index is 12.4. The number of halogens is 2. The molecule has 6 nitrogen and oxygen atoms in total. The second kappa shape index (κ2) is 10.5. The fraction of sp³-hybridized carbons (Fsp3) is 0.625. The second-order valence-corrected chi connectivity index (χ2v) is 7.83. The summed E-state index contributed by atoms with van der Waals surface area (Å²) in [6.07, 6.45) is 2.64. The Morgan fingerprint density at radius 2 is 1.96 bits per heavy atom. The van der Waals surface area contributed by atoms with E-state index in [4.69, 9.17) is 4.74 Å². The predicted molar refractivity (Wildman–Crippen MR) is 104 cm³/mol. The van der Waals surface area contributed by atoms with Gasteiger partial charge in [-0.15, -0.1) is 24.8 Å². The van der Waals surface area contributed by atoms with Crippen LogP contribution in [0.15, 0.2) is 23.1 Å². The summed E-state index contributed by atoms with van der Waals surface area (Å²) in [5.74, 6) is 0.814. The fourth-order valence-electron chi connectivity index (χ4n) is 3.03. The molecule has 0 aromatic heterocycles. The maximum Gasteiger partial charge on any atom is 0.240 e. The molecule has 1 fully saturated rings. The van der Waals surface area contributed by atoms with Crippen molar-refractivity contribution in [2.24, 2.45) is 0 Å². The largest absolute Gasteiger partial charge is 0.493 e. The first kappa shape index (κ1) is 22.5. The molecule has 0 saturated carbocycles. The first-order valence-corrected chi connectivity index (χ1v) is 9.82. The summed E-state index contributed by atoms with van der Waals surface area (Å²) >= 11 is 0. The summed E-state index contributed by atoms with van der Waals surface area (Å²) in [5, 5.41) is 3.31. The van der Waals surface area contributed by atoms with Crippen LogP contribution in [0.4, 0.5) is 0 Å². The fourth-order valence-corrected chi connectivity index (χ4v) is 4.16. The molecular weight excluding hydrogens is 385 g/mol. The summed E-state index contributed by atoms with van der Waals surface area (Å²) in [6, 6.07) is 5.14. The Labute approximate surface area is 162 Å². The molecule has 0 unspecified atom stereocenters. The van der Waals surface area contributed by atoms with E-state index in [9.17, 15) is 8.42 Å². The van der Waals surface area contributed by atoms with Crippen LogP contribution in [-0.2, 0) is 16.4 Å². The molecule has 0 atom stereocenters. The first-order chi connectivity index (χ1) is 11.1. The number of sulfonamides is 1. The van der Waals surface area contributed by atoms with Crippen LogP contribution in [-0.4, -0.2) is 59.2 Å². The molecule has 9 heteroatoms. The molecule has 2 heterocycles. The molecule has 25 heavy (non-hydrogen) atoms. The van der Waals surface area contributed by atoms with Crippen LogP contribution in [0.5, 0.6) is 5.75 Å². The smallest absolute Gasteiger partial charge is 0.240 e. The molecule has 0 radical (unpaired) electrons. The van der Waals surface area contributed by atoms with E-state index in [1.165, 1.54) is 0 Å². The van der Waals surface area contributed by atoms with Crippen molar-refractivity contribution in [3.63, 3.8) is 0 Å². The molecule has 3 rings (SSSR count). The highest BCUT2D eigenvalue weighted by atomic mass is 35.5. The normalized spacial score (nSPS) is 17.6. The lowest BCUT2D eigenvalue weighted by atomic mass is 10.1. The van der Waals surface area contributed by atoms with Gasteiger partial charge in [-0.05, 0) is 49.6 Å². The van der Waals surface area contributed by atoms with E-state index >= 15 is 0 Å². The maximum absolute atomic E-state index is 12.4. The van der Waals surface area contributed by atoms with Gasteiger partial charge < -0.3 is 15.0 Å². The third-order valence-corrected chi connectivity index (χ3v) is 5.80. The van der Waals surface area contributed by atoms with Crippen LogP contribution in [0, 0.1) is 0 Å². The molecule has 0 bridgehead atoms. The Hall–Kier alpha value is -0.570. The highest BCUT2D eigenvalue weighted by molar-refractivity contribution is 7.89. The minimum atomic E-state index is -3.43. The van der Waals surface area contributed by atoms with Crippen LogP contribution in [0.2, 0.25) is 0 Å². The summed E-state index contributed by atoms with van der Waals surface area (Å²) in [4.78, 5) is 2.70. The minimum absolute atomic E-state index is 0. The number of benzene rings is 1. The van der Waals surface area contributed by atoms with E-state index in [0.717, 1.165) is 63.3 Å². The zero-order valence-electron chi connectivity index (χ0n) is 14.2. The van der Waals surface area contributed by atoms with Gasteiger partial charge in [0.05, 0.1) is 11.5 Å². The third kappa shape index (κ3) is 6.27. The van der Waals surface area contributed by atoms with Crippen LogP contribution >= 0.6 is 24.8 Å². The van der Waals surface area contributed by atoms with Gasteiger partial charge in [0.1, 0.15) is 5.75 Å². The number of aryl methyl sites for hydroxylation is 1. The minimum Gasteiger partial charge on any atom is -0.493 e. The quantitative estimate of drug-likeness (QED) is 0.692. The Bertz CT molecular complexity index is 638. The van der Waals surface area contributed by atoms with Crippen LogP contribution in [0.25, 0.3) is 0 Å². The number of hydrogen-bond acceptors (Lipinski definition) is 5. The lowest BCUT2D eigenvalue weighted by molar-refractivity contribution is 0.239. The van der Waals surface area contributed by atoms with Crippen molar-refractivity contribution in [3.8, 4) is 5.75 Å². The highest BCUT2D eigenvalue weighted by Gasteiger charge is 2.18. The summed E-state index contributed by atoms with van der Waals surface area (Å²) in [5.41, 5.74) is 0.986. The third-order valence-electron chi connectivity index (χ3n) is 4.34. The Kier molecular flexibility index (Phi) is 9.48. The Balaban J connectivity index is 0.00000156. The molecule has 0 amide bonds. The van der Waals surface area contributed by atoms with E-state index in [0.29, 0.717) is 18.0 Å². The molecular formula is C16H27Cl2N3O3S. The average molecular weight is 412 g/mol. The number of nitrogens with zero attached hydrogens (tertiary/aromatic N) is 1. The molecule has 0 spiro atoms. The van der Waals surface area contributed by atoms with E-state index in [2.05, 4.69) is 14.9 Å². The summed E-state index contributed by atoms with van der Waals surface area (Å²) in [7, 11) is -3.43. The number of hydrogen-bond donors (Lipinski definition) is 2. The molecule has 1 aromatic rings. The van der Waals surface area contributed by atoms with Gasteiger partial charge in [0.25, 0.3) is 0 Å². The molecule has 1 aromatic carbocycles. The molecule has 2 aliphatic heterocycles. The predicted octanol–water partition coefficient (Wildman–Crippen LogP) is 1.43. The van der Waals surface area contributed by atoms with Crippen molar-refractivity contribution in [2.45, 2.75) is 24.2 Å². The summed E-state index contributed by atoms with van der Waals surface area (Å²) < 4.78 is 33.0. The molecule has 0 aliphatic carbocycles. The molecule has 144 valence electrons. The average Bonchev–Trinajstić information content (AvgIpc) is 2.59. The standard InChI is InChI=1S/C16H25N3O3S.2ClH/c20-23(21,18-6-2-9-19-10-7-17-8-11-19)15-4-5-16-14(13-15)3-1-12-22-16;;/h4-5,13,17-18H,1-3,6-12H2;2*1H. The first-order valence-electron chi connectivity index (χ1n) is 8.34. The molecule has 1 saturated heterocycles. The monoisotopic (exact) mass is 411 g/mol. The lowest BCUT2D eigenvalue weighted by Gasteiger charge is -2.27. The van der Waals surface area contributed by atoms with E-state index in [1.54, 1.807) is 18.2 Å². The SMILES string of the molecule is Cl.Cl.O=S(=O)(NCCCN1CCNCC1)c1ccc2c(c1)CCCO2.